The fourth-order valence-electron chi connectivity index (χ4n) is 4.54. The third-order valence-electron chi connectivity index (χ3n) is 6.69. The predicted molar refractivity (Wildman–Crippen MR) is 149 cm³/mol. The van der Waals surface area contributed by atoms with Gasteiger partial charge in [-0.15, -0.1) is 0 Å². The summed E-state index contributed by atoms with van der Waals surface area (Å²) >= 11 is 0. The molecule has 1 amide bonds. The van der Waals surface area contributed by atoms with Gasteiger partial charge in [-0.25, -0.2) is 0 Å². The molecule has 6 heteroatoms. The zero-order valence-electron chi connectivity index (χ0n) is 21.5. The van der Waals surface area contributed by atoms with Crippen LogP contribution in [0.3, 0.4) is 0 Å². The van der Waals surface area contributed by atoms with Crippen molar-refractivity contribution >= 4 is 28.2 Å². The van der Waals surface area contributed by atoms with Crippen LogP contribution in [0.4, 0.5) is 5.69 Å². The number of pyridine rings is 1. The summed E-state index contributed by atoms with van der Waals surface area (Å²) in [5, 5.41) is 13.4. The smallest absolute Gasteiger partial charge is 0.255 e. The highest BCUT2D eigenvalue weighted by Crippen LogP contribution is 2.28. The lowest BCUT2D eigenvalue weighted by molar-refractivity contribution is 0.102. The Morgan fingerprint density at radius 3 is 2.46 bits per heavy atom. The maximum atomic E-state index is 13.0. The Kier molecular flexibility index (Phi) is 6.66. The number of hydrogen-bond donors (Lipinski definition) is 2. The van der Waals surface area contributed by atoms with Crippen molar-refractivity contribution in [2.75, 3.05) is 18.4 Å². The number of benzene rings is 3. The second-order valence-electron chi connectivity index (χ2n) is 10.5. The van der Waals surface area contributed by atoms with E-state index in [0.29, 0.717) is 28.6 Å². The first-order valence-corrected chi connectivity index (χ1v) is 12.7. The molecule has 0 atom stereocenters. The van der Waals surface area contributed by atoms with Crippen LogP contribution in [-0.4, -0.2) is 34.7 Å². The van der Waals surface area contributed by atoms with Gasteiger partial charge in [-0.1, -0.05) is 45.0 Å². The average molecular weight is 493 g/mol. The van der Waals surface area contributed by atoms with Crippen LogP contribution >= 0.6 is 0 Å². The number of aromatic nitrogens is 1. The van der Waals surface area contributed by atoms with Crippen molar-refractivity contribution in [2.24, 2.45) is 0 Å². The van der Waals surface area contributed by atoms with E-state index in [2.05, 4.69) is 37.1 Å². The Morgan fingerprint density at radius 2 is 1.68 bits per heavy atom. The minimum absolute atomic E-state index is 0.00408. The van der Waals surface area contributed by atoms with E-state index < -0.39 is 0 Å². The van der Waals surface area contributed by atoms with E-state index >= 15 is 0 Å². The average Bonchev–Trinajstić information content (AvgIpc) is 3.43. The number of anilines is 1. The molecule has 1 aliphatic heterocycles. The number of amides is 1. The molecule has 0 bridgehead atoms. The van der Waals surface area contributed by atoms with E-state index in [1.165, 1.54) is 5.56 Å². The van der Waals surface area contributed by atoms with Crippen LogP contribution in [0.15, 0.2) is 79.0 Å². The third-order valence-corrected chi connectivity index (χ3v) is 6.69. The fraction of sp³-hybridized carbons (Fsp3) is 0.258. The normalized spacial score (nSPS) is 13.5. The molecule has 3 aromatic carbocycles. The molecule has 0 radical (unpaired) electrons. The summed E-state index contributed by atoms with van der Waals surface area (Å²) in [5.74, 6) is 1.57. The van der Waals surface area contributed by atoms with Crippen molar-refractivity contribution in [1.82, 2.24) is 9.88 Å². The molecule has 6 nitrogen and oxygen atoms in total. The van der Waals surface area contributed by atoms with Gasteiger partial charge in [0.1, 0.15) is 23.0 Å². The summed E-state index contributed by atoms with van der Waals surface area (Å²) in [6.07, 6.45) is 3.89. The third kappa shape index (κ3) is 5.64. The van der Waals surface area contributed by atoms with Gasteiger partial charge in [0.2, 0.25) is 0 Å². The molecule has 37 heavy (non-hydrogen) atoms. The van der Waals surface area contributed by atoms with Gasteiger partial charge >= 0.3 is 0 Å². The molecule has 1 saturated heterocycles. The van der Waals surface area contributed by atoms with Crippen LogP contribution in [0.5, 0.6) is 11.5 Å². The standard InChI is InChI=1S/C31H32N4O2/c1-31(2,3)24-7-6-8-25(19-24)34-30(36)22-10-9-21-11-12-26(18-23(21)17-22)37-27-13-14-33-28(20-27)29(32)35-15-4-5-16-35/h6-14,17-20,32H,4-5,15-16H2,1-3H3,(H,34,36). The van der Waals surface area contributed by atoms with Gasteiger partial charge in [-0.3, -0.25) is 15.2 Å². The number of likely N-dealkylation sites (tertiary alicyclic amines) is 1. The number of nitrogens with one attached hydrogen (secondary N) is 2. The van der Waals surface area contributed by atoms with Crippen LogP contribution in [0, 0.1) is 5.41 Å². The summed E-state index contributed by atoms with van der Waals surface area (Å²) in [5.41, 5.74) is 3.14. The van der Waals surface area contributed by atoms with Crippen molar-refractivity contribution < 1.29 is 9.53 Å². The molecule has 0 aliphatic carbocycles. The van der Waals surface area contributed by atoms with Gasteiger partial charge in [0.25, 0.3) is 5.91 Å². The van der Waals surface area contributed by atoms with Gasteiger partial charge in [0, 0.05) is 36.6 Å². The van der Waals surface area contributed by atoms with E-state index in [-0.39, 0.29) is 11.3 Å². The summed E-state index contributed by atoms with van der Waals surface area (Å²) in [6, 6.07) is 23.1. The second-order valence-corrected chi connectivity index (χ2v) is 10.5. The Labute approximate surface area is 217 Å². The molecule has 0 unspecified atom stereocenters. The second kappa shape index (κ2) is 10.1. The Hall–Kier alpha value is -4.19. The summed E-state index contributed by atoms with van der Waals surface area (Å²) in [6.45, 7) is 8.26. The lowest BCUT2D eigenvalue weighted by atomic mass is 9.87. The molecular formula is C31H32N4O2. The zero-order valence-corrected chi connectivity index (χ0v) is 21.5. The maximum absolute atomic E-state index is 13.0. The predicted octanol–water partition coefficient (Wildman–Crippen LogP) is 7.00. The van der Waals surface area contributed by atoms with E-state index in [0.717, 1.165) is 42.4 Å². The van der Waals surface area contributed by atoms with Crippen LogP contribution < -0.4 is 10.1 Å². The van der Waals surface area contributed by atoms with E-state index in [9.17, 15) is 4.79 Å². The minimum atomic E-state index is -0.154. The number of ether oxygens (including phenoxy) is 1. The highest BCUT2D eigenvalue weighted by molar-refractivity contribution is 6.06. The van der Waals surface area contributed by atoms with Gasteiger partial charge < -0.3 is 15.0 Å². The number of amidine groups is 1. The minimum Gasteiger partial charge on any atom is -0.457 e. The maximum Gasteiger partial charge on any atom is 0.255 e. The number of hydrogen-bond acceptors (Lipinski definition) is 4. The molecule has 4 aromatic rings. The Balaban J connectivity index is 1.34. The van der Waals surface area contributed by atoms with Crippen LogP contribution in [0.25, 0.3) is 10.8 Å². The summed E-state index contributed by atoms with van der Waals surface area (Å²) in [7, 11) is 0. The number of rotatable bonds is 5. The molecule has 2 heterocycles. The van der Waals surface area contributed by atoms with Crippen LogP contribution in [-0.2, 0) is 5.41 Å². The van der Waals surface area contributed by atoms with Crippen LogP contribution in [0.1, 0.15) is 55.2 Å². The van der Waals surface area contributed by atoms with Crippen LogP contribution in [0.2, 0.25) is 0 Å². The van der Waals surface area contributed by atoms with Crippen molar-refractivity contribution in [3.63, 3.8) is 0 Å². The first-order valence-electron chi connectivity index (χ1n) is 12.7. The highest BCUT2D eigenvalue weighted by atomic mass is 16.5. The van der Waals surface area contributed by atoms with E-state index in [1.807, 2.05) is 59.5 Å². The van der Waals surface area contributed by atoms with Crippen molar-refractivity contribution in [2.45, 2.75) is 39.0 Å². The molecule has 1 aliphatic rings. The SMILES string of the molecule is CC(C)(C)c1cccc(NC(=O)c2ccc3ccc(Oc4ccnc(C(=N)N5CCCC5)c4)cc3c2)c1. The Bertz CT molecular complexity index is 1470. The molecule has 1 aromatic heterocycles. The lowest BCUT2D eigenvalue weighted by Crippen LogP contribution is -2.28. The number of nitrogens with zero attached hydrogens (tertiary/aromatic N) is 2. The van der Waals surface area contributed by atoms with Crippen molar-refractivity contribution in [3.8, 4) is 11.5 Å². The van der Waals surface area contributed by atoms with E-state index in [4.69, 9.17) is 10.1 Å². The molecule has 188 valence electrons. The monoisotopic (exact) mass is 492 g/mol. The zero-order chi connectivity index (χ0) is 26.0. The van der Waals surface area contributed by atoms with Gasteiger partial charge in [-0.05, 0) is 77.1 Å². The molecular weight excluding hydrogens is 460 g/mol. The van der Waals surface area contributed by atoms with Gasteiger partial charge in [0.15, 0.2) is 0 Å². The molecule has 5 rings (SSSR count). The molecule has 1 fully saturated rings. The van der Waals surface area contributed by atoms with Crippen molar-refractivity contribution in [1.29, 1.82) is 5.41 Å². The quantitative estimate of drug-likeness (QED) is 0.232. The first-order chi connectivity index (χ1) is 17.8. The van der Waals surface area contributed by atoms with Gasteiger partial charge in [-0.2, -0.15) is 0 Å². The molecule has 2 N–H and O–H groups in total. The lowest BCUT2D eigenvalue weighted by Gasteiger charge is -2.20. The Morgan fingerprint density at radius 1 is 0.919 bits per heavy atom. The highest BCUT2D eigenvalue weighted by Gasteiger charge is 2.18. The number of carbonyl (C=O) groups is 1. The fourth-order valence-corrected chi connectivity index (χ4v) is 4.54. The number of fused-ring (bicyclic) bond motifs is 1. The molecule has 0 saturated carbocycles. The largest absolute Gasteiger partial charge is 0.457 e. The number of carbonyl (C=O) groups excluding carboxylic acids is 1. The van der Waals surface area contributed by atoms with Gasteiger partial charge in [0.05, 0.1) is 0 Å². The van der Waals surface area contributed by atoms with Crippen molar-refractivity contribution in [3.05, 3.63) is 95.8 Å². The first kappa shape index (κ1) is 24.5. The summed E-state index contributed by atoms with van der Waals surface area (Å²) in [4.78, 5) is 19.5. The topological polar surface area (TPSA) is 78.3 Å². The van der Waals surface area contributed by atoms with E-state index in [1.54, 1.807) is 18.3 Å². The summed E-state index contributed by atoms with van der Waals surface area (Å²) < 4.78 is 6.13. The molecule has 0 spiro atoms.